The summed E-state index contributed by atoms with van der Waals surface area (Å²) in [5.41, 5.74) is 2.68. The lowest BCUT2D eigenvalue weighted by atomic mass is 9.91. The molecule has 0 N–H and O–H groups in total. The van der Waals surface area contributed by atoms with E-state index in [9.17, 15) is 0 Å². The summed E-state index contributed by atoms with van der Waals surface area (Å²) in [5, 5.41) is 23.0. The predicted molar refractivity (Wildman–Crippen MR) is 258 cm³/mol. The third-order valence-electron chi connectivity index (χ3n) is 13.9. The summed E-state index contributed by atoms with van der Waals surface area (Å²) in [6.45, 7) is 0. The first kappa shape index (κ1) is 34.8. The van der Waals surface area contributed by atoms with Gasteiger partial charge in [-0.1, -0.05) is 122 Å². The number of rotatable bonds is 0. The van der Waals surface area contributed by atoms with Crippen molar-refractivity contribution >= 4 is 90.1 Å². The van der Waals surface area contributed by atoms with Gasteiger partial charge in [-0.25, -0.2) is 0 Å². The van der Waals surface area contributed by atoms with Crippen molar-refractivity contribution < 1.29 is 0 Å². The van der Waals surface area contributed by atoms with Crippen molar-refractivity contribution in [1.82, 2.24) is 0 Å². The van der Waals surface area contributed by atoms with E-state index in [-0.39, 0.29) is 0 Å². The summed E-state index contributed by atoms with van der Waals surface area (Å²) < 4.78 is 0. The second-order valence-corrected chi connectivity index (χ2v) is 22.2. The van der Waals surface area contributed by atoms with Crippen molar-refractivity contribution in [2.45, 2.75) is 66.3 Å². The van der Waals surface area contributed by atoms with E-state index in [0.29, 0.717) is 21.0 Å². The highest BCUT2D eigenvalue weighted by molar-refractivity contribution is 8.07. The number of hydrogen-bond donors (Lipinski definition) is 0. The molecule has 14 rings (SSSR count). The normalized spacial score (nSPS) is 20.5. The second kappa shape index (κ2) is 13.3. The van der Waals surface area contributed by atoms with Crippen molar-refractivity contribution in [3.05, 3.63) is 199 Å². The standard InChI is InChI=1S/C56H38S4/c1-2-12-35-34(11-1)31-21-24-50-46(25-31)47-29-44(40-17-6-5-13-36(35)40)45-30-53(47)60-56-52(59-50)20-10-9-19-51-55(56)58-33-27-48-43-26-32(57-51)22-23-41(43)38-15-4-3-14-37(38)39-16-7-8-18-42(39)54(48)49(45)28-33/h1-8,11-18,21-30,51-52,55-56H,9-10,19-20H2. The molecule has 1 fully saturated rings. The Morgan fingerprint density at radius 1 is 0.333 bits per heavy atom. The lowest BCUT2D eigenvalue weighted by Gasteiger charge is -2.40. The van der Waals surface area contributed by atoms with Gasteiger partial charge in [0.2, 0.25) is 0 Å². The first-order valence-corrected chi connectivity index (χ1v) is 24.9. The first-order chi connectivity index (χ1) is 29.7. The molecular weight excluding hydrogens is 801 g/mol. The van der Waals surface area contributed by atoms with Crippen molar-refractivity contribution in [3.8, 4) is 11.1 Å². The molecule has 4 atom stereocenters. The maximum atomic E-state index is 2.66. The molecule has 9 aromatic rings. The molecule has 0 amide bonds. The molecule has 0 spiro atoms. The summed E-state index contributed by atoms with van der Waals surface area (Å²) in [5.74, 6) is 0. The number of thioether (sulfide) groups is 4. The highest BCUT2D eigenvalue weighted by Crippen LogP contribution is 2.55. The van der Waals surface area contributed by atoms with Crippen molar-refractivity contribution in [3.63, 3.8) is 0 Å². The SMILES string of the molecule is c1ccc2c(c1)=c1ccc3cc1=c1cc4cc(c1=c1ccccc1=2)-c1cc2c5cc1c1ccccc1c1ccccc1c1ccc(c5c1)SC1CCCCC(S3)C(S4)C1S2. The summed E-state index contributed by atoms with van der Waals surface area (Å²) in [7, 11) is 0. The zero-order valence-corrected chi connectivity index (χ0v) is 36.0. The molecule has 9 aromatic carbocycles. The van der Waals surface area contributed by atoms with E-state index >= 15 is 0 Å². The van der Waals surface area contributed by atoms with E-state index in [1.807, 2.05) is 0 Å². The van der Waals surface area contributed by atoms with E-state index in [1.165, 1.54) is 141 Å². The predicted octanol–water partition coefficient (Wildman–Crippen LogP) is 15.4. The average molecular weight is 839 g/mol. The van der Waals surface area contributed by atoms with Gasteiger partial charge in [0.15, 0.2) is 0 Å². The molecule has 0 saturated heterocycles. The van der Waals surface area contributed by atoms with E-state index in [2.05, 4.69) is 205 Å². The number of benzene rings is 8. The molecular formula is C56H38S4. The molecule has 286 valence electrons. The Balaban J connectivity index is 1.33. The maximum Gasteiger partial charge on any atom is 0.0350 e. The zero-order chi connectivity index (χ0) is 39.1. The maximum absolute atomic E-state index is 2.66. The first-order valence-electron chi connectivity index (χ1n) is 21.4. The zero-order valence-electron chi connectivity index (χ0n) is 32.8. The van der Waals surface area contributed by atoms with Gasteiger partial charge in [-0.05, 0) is 157 Å². The summed E-state index contributed by atoms with van der Waals surface area (Å²) in [6, 6.07) is 62.1. The van der Waals surface area contributed by atoms with Crippen molar-refractivity contribution in [1.29, 1.82) is 0 Å². The largest absolute Gasteiger partial charge is 0.122 e. The fourth-order valence-electron chi connectivity index (χ4n) is 11.2. The van der Waals surface area contributed by atoms with Gasteiger partial charge in [-0.15, -0.1) is 47.0 Å². The van der Waals surface area contributed by atoms with E-state index < -0.39 is 0 Å². The highest BCUT2D eigenvalue weighted by Gasteiger charge is 2.41. The third kappa shape index (κ3) is 5.11. The number of hydrogen-bond acceptors (Lipinski definition) is 4. The minimum absolute atomic E-state index is 0.438. The van der Waals surface area contributed by atoms with Crippen LogP contribution in [0.5, 0.6) is 0 Å². The van der Waals surface area contributed by atoms with Crippen LogP contribution < -0.4 is 0 Å². The smallest absolute Gasteiger partial charge is 0.0350 e. The van der Waals surface area contributed by atoms with Gasteiger partial charge >= 0.3 is 0 Å². The van der Waals surface area contributed by atoms with Crippen LogP contribution in [0.25, 0.3) is 54.2 Å². The molecule has 0 aromatic heterocycles. The molecule has 4 unspecified atom stereocenters. The van der Waals surface area contributed by atoms with Crippen LogP contribution in [0.15, 0.2) is 177 Å². The molecule has 0 nitrogen and oxygen atoms in total. The van der Waals surface area contributed by atoms with Gasteiger partial charge in [0.25, 0.3) is 0 Å². The monoisotopic (exact) mass is 838 g/mol. The molecule has 0 radical (unpaired) electrons. The van der Waals surface area contributed by atoms with Gasteiger partial charge in [-0.3, -0.25) is 0 Å². The van der Waals surface area contributed by atoms with Crippen LogP contribution in [0.2, 0.25) is 0 Å². The van der Waals surface area contributed by atoms with Crippen LogP contribution in [0, 0.1) is 41.7 Å². The molecule has 3 heterocycles. The Morgan fingerprint density at radius 3 is 1.72 bits per heavy atom. The molecule has 5 aliphatic rings. The Hall–Kier alpha value is -4.84. The second-order valence-electron chi connectivity index (χ2n) is 17.2. The van der Waals surface area contributed by atoms with Gasteiger partial charge in [0.1, 0.15) is 0 Å². The molecule has 1 saturated carbocycles. The minimum Gasteiger partial charge on any atom is -0.122 e. The van der Waals surface area contributed by atoms with Crippen LogP contribution in [0.3, 0.4) is 0 Å². The van der Waals surface area contributed by atoms with Crippen LogP contribution in [-0.2, 0) is 0 Å². The van der Waals surface area contributed by atoms with Gasteiger partial charge in [0, 0.05) is 40.6 Å². The van der Waals surface area contributed by atoms with Gasteiger partial charge < -0.3 is 0 Å². The quantitative estimate of drug-likeness (QED) is 0.149. The molecule has 60 heavy (non-hydrogen) atoms. The van der Waals surface area contributed by atoms with Crippen molar-refractivity contribution in [2.75, 3.05) is 0 Å². The fraction of sp³-hybridized carbons (Fsp3) is 0.143. The van der Waals surface area contributed by atoms with Crippen LogP contribution in [-0.4, -0.2) is 21.0 Å². The van der Waals surface area contributed by atoms with Crippen LogP contribution in [0.4, 0.5) is 0 Å². The highest BCUT2D eigenvalue weighted by atomic mass is 32.2. The van der Waals surface area contributed by atoms with Crippen LogP contribution >= 0.6 is 47.0 Å². The molecule has 4 heteroatoms. The Kier molecular flexibility index (Phi) is 7.74. The van der Waals surface area contributed by atoms with Gasteiger partial charge in [0.05, 0.1) is 0 Å². The third-order valence-corrected chi connectivity index (χ3v) is 20.1. The van der Waals surface area contributed by atoms with E-state index in [4.69, 9.17) is 0 Å². The molecule has 3 aliphatic heterocycles. The fourth-order valence-corrected chi connectivity index (χ4v) is 17.7. The molecule has 13 bridgehead atoms. The molecule has 2 aliphatic carbocycles. The van der Waals surface area contributed by atoms with Crippen LogP contribution in [0.1, 0.15) is 25.7 Å². The lowest BCUT2D eigenvalue weighted by Crippen LogP contribution is -2.39. The Labute approximate surface area is 364 Å². The number of fused-ring (bicyclic) bond motifs is 15. The van der Waals surface area contributed by atoms with Crippen molar-refractivity contribution in [2.24, 2.45) is 0 Å². The van der Waals surface area contributed by atoms with E-state index in [1.54, 1.807) is 0 Å². The Bertz CT molecular complexity index is 3840. The lowest BCUT2D eigenvalue weighted by molar-refractivity contribution is 0.538. The summed E-state index contributed by atoms with van der Waals surface area (Å²) in [4.78, 5) is 5.67. The van der Waals surface area contributed by atoms with Gasteiger partial charge in [-0.2, -0.15) is 0 Å². The Morgan fingerprint density at radius 2 is 0.933 bits per heavy atom. The topological polar surface area (TPSA) is 0 Å². The average Bonchev–Trinajstić information content (AvgIpc) is 3.28. The van der Waals surface area contributed by atoms with E-state index in [0.717, 1.165) is 0 Å². The summed E-state index contributed by atoms with van der Waals surface area (Å²) >= 11 is 8.77. The minimum atomic E-state index is 0.438. The summed E-state index contributed by atoms with van der Waals surface area (Å²) in [6.07, 6.45) is 5.05.